The Kier molecular flexibility index (Phi) is 4.83. The van der Waals surface area contributed by atoms with E-state index >= 15 is 0 Å². The van der Waals surface area contributed by atoms with Gasteiger partial charge in [-0.15, -0.1) is 11.3 Å². The van der Waals surface area contributed by atoms with Gasteiger partial charge >= 0.3 is 0 Å². The van der Waals surface area contributed by atoms with Crippen LogP contribution in [0, 0.1) is 5.92 Å². The van der Waals surface area contributed by atoms with Gasteiger partial charge in [-0.1, -0.05) is 11.6 Å². The van der Waals surface area contributed by atoms with Gasteiger partial charge in [0, 0.05) is 18.0 Å². The molecule has 2 N–H and O–H groups in total. The number of piperidine rings is 1. The van der Waals surface area contributed by atoms with Gasteiger partial charge in [0.25, 0.3) is 0 Å². The number of rotatable bonds is 4. The summed E-state index contributed by atoms with van der Waals surface area (Å²) >= 11 is 7.42. The standard InChI is InChI=1S/C12H17ClN2OS/c13-11-4-3-10(17-11)5-7-15-12(16)9-2-1-6-14-8-9/h3-4,9,14H,1-2,5-8H2,(H,15,16). The van der Waals surface area contributed by atoms with Crippen LogP contribution in [0.25, 0.3) is 0 Å². The van der Waals surface area contributed by atoms with E-state index in [0.29, 0.717) is 6.54 Å². The molecule has 0 aromatic carbocycles. The van der Waals surface area contributed by atoms with Crippen LogP contribution in [0.1, 0.15) is 17.7 Å². The number of amides is 1. The highest BCUT2D eigenvalue weighted by atomic mass is 35.5. The first-order chi connectivity index (χ1) is 8.25. The zero-order valence-electron chi connectivity index (χ0n) is 9.67. The zero-order chi connectivity index (χ0) is 12.1. The Hall–Kier alpha value is -0.580. The van der Waals surface area contributed by atoms with Crippen molar-refractivity contribution in [3.8, 4) is 0 Å². The Bertz CT molecular complexity index is 374. The number of halogens is 1. The third kappa shape index (κ3) is 3.98. The van der Waals surface area contributed by atoms with Crippen LogP contribution in [0.5, 0.6) is 0 Å². The average molecular weight is 273 g/mol. The number of hydrogen-bond acceptors (Lipinski definition) is 3. The van der Waals surface area contributed by atoms with E-state index in [1.807, 2.05) is 12.1 Å². The number of thiophene rings is 1. The molecule has 0 aliphatic carbocycles. The Morgan fingerprint density at radius 3 is 3.12 bits per heavy atom. The van der Waals surface area contributed by atoms with Gasteiger partial charge in [0.15, 0.2) is 0 Å². The van der Waals surface area contributed by atoms with E-state index in [9.17, 15) is 4.79 Å². The molecule has 1 fully saturated rings. The zero-order valence-corrected chi connectivity index (χ0v) is 11.2. The van der Waals surface area contributed by atoms with Crippen LogP contribution in [-0.4, -0.2) is 25.5 Å². The Balaban J connectivity index is 1.69. The van der Waals surface area contributed by atoms with Crippen LogP contribution in [0.2, 0.25) is 4.34 Å². The molecule has 1 aliphatic rings. The molecule has 1 saturated heterocycles. The predicted octanol–water partition coefficient (Wildman–Crippen LogP) is 2.06. The van der Waals surface area contributed by atoms with Crippen LogP contribution < -0.4 is 10.6 Å². The minimum Gasteiger partial charge on any atom is -0.355 e. The summed E-state index contributed by atoms with van der Waals surface area (Å²) in [6, 6.07) is 3.91. The van der Waals surface area contributed by atoms with Crippen LogP contribution >= 0.6 is 22.9 Å². The number of carbonyl (C=O) groups is 1. The summed E-state index contributed by atoms with van der Waals surface area (Å²) in [6.45, 7) is 2.56. The van der Waals surface area contributed by atoms with Gasteiger partial charge in [-0.05, 0) is 37.9 Å². The summed E-state index contributed by atoms with van der Waals surface area (Å²) in [5, 5.41) is 6.25. The summed E-state index contributed by atoms with van der Waals surface area (Å²) in [5.41, 5.74) is 0. The molecule has 2 heterocycles. The maximum atomic E-state index is 11.8. The Morgan fingerprint density at radius 1 is 1.59 bits per heavy atom. The fraction of sp³-hybridized carbons (Fsp3) is 0.583. The van der Waals surface area contributed by atoms with Crippen molar-refractivity contribution in [1.29, 1.82) is 0 Å². The third-order valence-electron chi connectivity index (χ3n) is 2.97. The van der Waals surface area contributed by atoms with E-state index in [4.69, 9.17) is 11.6 Å². The van der Waals surface area contributed by atoms with Gasteiger partial charge in [0.05, 0.1) is 10.3 Å². The molecule has 5 heteroatoms. The highest BCUT2D eigenvalue weighted by Crippen LogP contribution is 2.21. The van der Waals surface area contributed by atoms with E-state index in [1.54, 1.807) is 11.3 Å². The Morgan fingerprint density at radius 2 is 2.47 bits per heavy atom. The first kappa shape index (κ1) is 12.9. The lowest BCUT2D eigenvalue weighted by Crippen LogP contribution is -2.41. The second-order valence-electron chi connectivity index (χ2n) is 4.29. The highest BCUT2D eigenvalue weighted by molar-refractivity contribution is 7.16. The lowest BCUT2D eigenvalue weighted by atomic mass is 9.99. The topological polar surface area (TPSA) is 41.1 Å². The number of hydrogen-bond donors (Lipinski definition) is 2. The van der Waals surface area contributed by atoms with Crippen molar-refractivity contribution in [2.45, 2.75) is 19.3 Å². The average Bonchev–Trinajstić information content (AvgIpc) is 2.76. The molecule has 3 nitrogen and oxygen atoms in total. The highest BCUT2D eigenvalue weighted by Gasteiger charge is 2.20. The van der Waals surface area contributed by atoms with E-state index in [-0.39, 0.29) is 11.8 Å². The summed E-state index contributed by atoms with van der Waals surface area (Å²) < 4.78 is 0.808. The van der Waals surface area contributed by atoms with E-state index in [1.165, 1.54) is 4.88 Å². The quantitative estimate of drug-likeness (QED) is 0.881. The van der Waals surface area contributed by atoms with Crippen molar-refractivity contribution in [2.24, 2.45) is 5.92 Å². The SMILES string of the molecule is O=C(NCCc1ccc(Cl)s1)C1CCCNC1. The molecule has 17 heavy (non-hydrogen) atoms. The van der Waals surface area contributed by atoms with E-state index < -0.39 is 0 Å². The monoisotopic (exact) mass is 272 g/mol. The maximum Gasteiger partial charge on any atom is 0.224 e. The van der Waals surface area contributed by atoms with Crippen LogP contribution in [-0.2, 0) is 11.2 Å². The minimum atomic E-state index is 0.149. The van der Waals surface area contributed by atoms with Crippen molar-refractivity contribution in [1.82, 2.24) is 10.6 Å². The number of carbonyl (C=O) groups excluding carboxylic acids is 1. The molecule has 1 aliphatic heterocycles. The molecule has 0 spiro atoms. The molecule has 0 saturated carbocycles. The van der Waals surface area contributed by atoms with Crippen LogP contribution in [0.15, 0.2) is 12.1 Å². The maximum absolute atomic E-state index is 11.8. The molecule has 0 bridgehead atoms. The molecule has 2 rings (SSSR count). The first-order valence-electron chi connectivity index (χ1n) is 5.98. The van der Waals surface area contributed by atoms with Gasteiger partial charge in [-0.25, -0.2) is 0 Å². The molecule has 1 aromatic rings. The molecule has 94 valence electrons. The summed E-state index contributed by atoms with van der Waals surface area (Å²) in [6.07, 6.45) is 2.96. The molecule has 0 radical (unpaired) electrons. The van der Waals surface area contributed by atoms with Crippen molar-refractivity contribution >= 4 is 28.8 Å². The minimum absolute atomic E-state index is 0.149. The molecule has 1 amide bonds. The van der Waals surface area contributed by atoms with Crippen LogP contribution in [0.4, 0.5) is 0 Å². The van der Waals surface area contributed by atoms with Crippen LogP contribution in [0.3, 0.4) is 0 Å². The fourth-order valence-electron chi connectivity index (χ4n) is 2.01. The van der Waals surface area contributed by atoms with Crippen molar-refractivity contribution < 1.29 is 4.79 Å². The normalized spacial score (nSPS) is 20.2. The Labute approximate surface area is 111 Å². The van der Waals surface area contributed by atoms with Gasteiger partial charge < -0.3 is 10.6 Å². The van der Waals surface area contributed by atoms with Crippen molar-refractivity contribution in [2.75, 3.05) is 19.6 Å². The van der Waals surface area contributed by atoms with Crippen molar-refractivity contribution in [3.05, 3.63) is 21.3 Å². The number of nitrogens with one attached hydrogen (secondary N) is 2. The second-order valence-corrected chi connectivity index (χ2v) is 6.09. The summed E-state index contributed by atoms with van der Waals surface area (Å²) in [5.74, 6) is 0.329. The lowest BCUT2D eigenvalue weighted by Gasteiger charge is -2.21. The van der Waals surface area contributed by atoms with Crippen molar-refractivity contribution in [3.63, 3.8) is 0 Å². The predicted molar refractivity (Wildman–Crippen MR) is 71.6 cm³/mol. The molecule has 1 unspecified atom stereocenters. The molecular formula is C12H17ClN2OS. The van der Waals surface area contributed by atoms with E-state index in [2.05, 4.69) is 10.6 Å². The van der Waals surface area contributed by atoms with Gasteiger partial charge in [-0.3, -0.25) is 4.79 Å². The largest absolute Gasteiger partial charge is 0.355 e. The van der Waals surface area contributed by atoms with E-state index in [0.717, 1.165) is 36.7 Å². The molecular weight excluding hydrogens is 256 g/mol. The second kappa shape index (κ2) is 6.38. The first-order valence-corrected chi connectivity index (χ1v) is 7.18. The summed E-state index contributed by atoms with van der Waals surface area (Å²) in [7, 11) is 0. The third-order valence-corrected chi connectivity index (χ3v) is 4.26. The smallest absolute Gasteiger partial charge is 0.224 e. The van der Waals surface area contributed by atoms with Gasteiger partial charge in [0.2, 0.25) is 5.91 Å². The lowest BCUT2D eigenvalue weighted by molar-refractivity contribution is -0.125. The van der Waals surface area contributed by atoms with Gasteiger partial charge in [0.1, 0.15) is 0 Å². The molecule has 1 aromatic heterocycles. The van der Waals surface area contributed by atoms with Gasteiger partial charge in [-0.2, -0.15) is 0 Å². The molecule has 1 atom stereocenters. The fourth-order valence-corrected chi connectivity index (χ4v) is 3.10. The summed E-state index contributed by atoms with van der Waals surface area (Å²) in [4.78, 5) is 13.0.